The topological polar surface area (TPSA) is 63.7 Å². The van der Waals surface area contributed by atoms with Gasteiger partial charge in [0, 0.05) is 12.1 Å². The Morgan fingerprint density at radius 1 is 1.26 bits per heavy atom. The lowest BCUT2D eigenvalue weighted by atomic mass is 9.73. The molecule has 1 heterocycles. The molecule has 0 N–H and O–H groups in total. The van der Waals surface area contributed by atoms with Crippen molar-refractivity contribution in [3.8, 4) is 0 Å². The molecule has 1 saturated heterocycles. The van der Waals surface area contributed by atoms with Crippen molar-refractivity contribution in [2.75, 3.05) is 13.2 Å². The van der Waals surface area contributed by atoms with Gasteiger partial charge in [-0.2, -0.15) is 0 Å². The number of amides is 2. The molecule has 0 aromatic heterocycles. The first-order valence-electron chi connectivity index (χ1n) is 8.97. The predicted molar refractivity (Wildman–Crippen MR) is 104 cm³/mol. The van der Waals surface area contributed by atoms with E-state index in [0.29, 0.717) is 18.4 Å². The lowest BCUT2D eigenvalue weighted by Gasteiger charge is -2.39. The van der Waals surface area contributed by atoms with Gasteiger partial charge in [-0.15, -0.1) is 0 Å². The molecule has 1 fully saturated rings. The van der Waals surface area contributed by atoms with Crippen LogP contribution in [0.15, 0.2) is 67.3 Å². The van der Waals surface area contributed by atoms with Crippen LogP contribution >= 0.6 is 0 Å². The maximum atomic E-state index is 13.4. The molecular weight excluding hydrogens is 342 g/mol. The highest BCUT2D eigenvalue weighted by atomic mass is 16.5. The molecular formula is C22H25NO4. The smallest absolute Gasteiger partial charge is 0.322 e. The second-order valence-corrected chi connectivity index (χ2v) is 6.45. The van der Waals surface area contributed by atoms with Crippen molar-refractivity contribution >= 4 is 17.8 Å². The van der Waals surface area contributed by atoms with E-state index in [-0.39, 0.29) is 19.6 Å². The van der Waals surface area contributed by atoms with E-state index in [0.717, 1.165) is 5.57 Å². The number of carbonyl (C=O) groups is 3. The van der Waals surface area contributed by atoms with Crippen LogP contribution in [0.5, 0.6) is 0 Å². The van der Waals surface area contributed by atoms with E-state index in [2.05, 4.69) is 13.2 Å². The molecule has 2 rings (SSSR count). The molecule has 142 valence electrons. The van der Waals surface area contributed by atoms with E-state index in [4.69, 9.17) is 4.74 Å². The van der Waals surface area contributed by atoms with E-state index in [1.807, 2.05) is 6.92 Å². The van der Waals surface area contributed by atoms with E-state index in [9.17, 15) is 14.4 Å². The van der Waals surface area contributed by atoms with Gasteiger partial charge in [0.1, 0.15) is 6.61 Å². The molecule has 1 aromatic carbocycles. The summed E-state index contributed by atoms with van der Waals surface area (Å²) in [6.45, 7) is 9.40. The number of piperidine rings is 1. The number of imide groups is 1. The van der Waals surface area contributed by atoms with Crippen LogP contribution in [-0.4, -0.2) is 35.8 Å². The molecule has 1 unspecified atom stereocenters. The van der Waals surface area contributed by atoms with Crippen LogP contribution in [0.25, 0.3) is 0 Å². The van der Waals surface area contributed by atoms with Gasteiger partial charge in [0.15, 0.2) is 5.41 Å². The Kier molecular flexibility index (Phi) is 6.88. The Hall–Kier alpha value is -2.95. The minimum atomic E-state index is -1.43. The molecule has 27 heavy (non-hydrogen) atoms. The molecule has 1 aromatic rings. The number of nitrogens with zero attached hydrogens (tertiary/aromatic N) is 1. The minimum absolute atomic E-state index is 0.0136. The van der Waals surface area contributed by atoms with Crippen molar-refractivity contribution in [1.82, 2.24) is 4.90 Å². The molecule has 1 aliphatic rings. The molecule has 0 radical (unpaired) electrons. The summed E-state index contributed by atoms with van der Waals surface area (Å²) in [6.07, 6.45) is 5.89. The summed E-state index contributed by atoms with van der Waals surface area (Å²) >= 11 is 0. The molecule has 1 aliphatic heterocycles. The monoisotopic (exact) mass is 367 g/mol. The summed E-state index contributed by atoms with van der Waals surface area (Å²) in [5, 5.41) is 0. The fourth-order valence-corrected chi connectivity index (χ4v) is 3.27. The molecule has 5 nitrogen and oxygen atoms in total. The fraction of sp³-hybridized carbons (Fsp3) is 0.318. The molecule has 2 amide bonds. The maximum Gasteiger partial charge on any atom is 0.322 e. The van der Waals surface area contributed by atoms with Gasteiger partial charge in [-0.3, -0.25) is 19.3 Å². The number of allylic oxidation sites excluding steroid dienone is 3. The van der Waals surface area contributed by atoms with Gasteiger partial charge in [0.25, 0.3) is 5.91 Å². The number of hydrogen-bond acceptors (Lipinski definition) is 4. The van der Waals surface area contributed by atoms with E-state index in [1.54, 1.807) is 42.5 Å². The third kappa shape index (κ3) is 4.25. The summed E-state index contributed by atoms with van der Waals surface area (Å²) < 4.78 is 5.25. The number of rotatable bonds is 7. The summed E-state index contributed by atoms with van der Waals surface area (Å²) in [5.74, 6) is -1.54. The van der Waals surface area contributed by atoms with Gasteiger partial charge >= 0.3 is 5.97 Å². The van der Waals surface area contributed by atoms with Crippen molar-refractivity contribution in [2.45, 2.75) is 26.2 Å². The Labute approximate surface area is 160 Å². The highest BCUT2D eigenvalue weighted by Crippen LogP contribution is 2.39. The first kappa shape index (κ1) is 20.4. The summed E-state index contributed by atoms with van der Waals surface area (Å²) in [5.41, 5.74) is -0.258. The number of esters is 1. The zero-order valence-corrected chi connectivity index (χ0v) is 15.6. The third-order valence-electron chi connectivity index (χ3n) is 4.77. The fourth-order valence-electron chi connectivity index (χ4n) is 3.27. The average molecular weight is 367 g/mol. The average Bonchev–Trinajstić information content (AvgIpc) is 2.71. The lowest BCUT2D eigenvalue weighted by Crippen LogP contribution is -2.55. The lowest BCUT2D eigenvalue weighted by molar-refractivity contribution is -0.166. The predicted octanol–water partition coefficient (Wildman–Crippen LogP) is 3.69. The van der Waals surface area contributed by atoms with Crippen molar-refractivity contribution in [2.24, 2.45) is 5.41 Å². The molecule has 0 aliphatic carbocycles. The van der Waals surface area contributed by atoms with Gasteiger partial charge < -0.3 is 4.74 Å². The van der Waals surface area contributed by atoms with Gasteiger partial charge in [0.2, 0.25) is 5.91 Å². The van der Waals surface area contributed by atoms with Gasteiger partial charge in [-0.05, 0) is 38.3 Å². The molecule has 0 spiro atoms. The third-order valence-corrected chi connectivity index (χ3v) is 4.77. The zero-order chi connectivity index (χ0) is 19.9. The minimum Gasteiger partial charge on any atom is -0.461 e. The normalized spacial score (nSPS) is 20.1. The second-order valence-electron chi connectivity index (χ2n) is 6.45. The Morgan fingerprint density at radius 2 is 1.96 bits per heavy atom. The Balaban J connectivity index is 2.41. The Morgan fingerprint density at radius 3 is 2.56 bits per heavy atom. The summed E-state index contributed by atoms with van der Waals surface area (Å²) in [6, 6.07) is 8.59. The quantitative estimate of drug-likeness (QED) is 0.242. The summed E-state index contributed by atoms with van der Waals surface area (Å²) in [7, 11) is 0. The first-order chi connectivity index (χ1) is 13.0. The summed E-state index contributed by atoms with van der Waals surface area (Å²) in [4.78, 5) is 40.3. The molecule has 5 heteroatoms. The van der Waals surface area contributed by atoms with Crippen LogP contribution in [0.3, 0.4) is 0 Å². The van der Waals surface area contributed by atoms with Crippen LogP contribution in [-0.2, 0) is 14.3 Å². The van der Waals surface area contributed by atoms with Crippen LogP contribution in [0.2, 0.25) is 0 Å². The number of likely N-dealkylation sites (tertiary alicyclic amines) is 1. The van der Waals surface area contributed by atoms with Crippen molar-refractivity contribution < 1.29 is 19.1 Å². The van der Waals surface area contributed by atoms with Crippen molar-refractivity contribution in [1.29, 1.82) is 0 Å². The second kappa shape index (κ2) is 9.12. The molecule has 1 atom stereocenters. The van der Waals surface area contributed by atoms with Crippen LogP contribution in [0.4, 0.5) is 0 Å². The maximum absolute atomic E-state index is 13.4. The van der Waals surface area contributed by atoms with E-state index in [1.165, 1.54) is 11.0 Å². The van der Waals surface area contributed by atoms with Crippen LogP contribution in [0.1, 0.15) is 36.5 Å². The number of hydrogen-bond donors (Lipinski definition) is 0. The number of benzene rings is 1. The number of carbonyl (C=O) groups excluding carboxylic acids is 3. The SMILES string of the molecule is C=CCOC(=O)C1(C/C(C=C)=C/C)CCCN(C(=O)c2ccccc2)C1=O. The van der Waals surface area contributed by atoms with Crippen molar-refractivity contribution in [3.05, 3.63) is 72.9 Å². The first-order valence-corrected chi connectivity index (χ1v) is 8.97. The largest absolute Gasteiger partial charge is 0.461 e. The van der Waals surface area contributed by atoms with Crippen molar-refractivity contribution in [3.63, 3.8) is 0 Å². The highest BCUT2D eigenvalue weighted by molar-refractivity contribution is 6.13. The highest BCUT2D eigenvalue weighted by Gasteiger charge is 2.52. The van der Waals surface area contributed by atoms with Crippen LogP contribution in [0, 0.1) is 5.41 Å². The van der Waals surface area contributed by atoms with E-state index < -0.39 is 23.2 Å². The van der Waals surface area contributed by atoms with E-state index >= 15 is 0 Å². The van der Waals surface area contributed by atoms with Crippen LogP contribution < -0.4 is 0 Å². The molecule has 0 saturated carbocycles. The van der Waals surface area contributed by atoms with Gasteiger partial charge in [-0.1, -0.05) is 55.2 Å². The molecule has 0 bridgehead atoms. The Bertz CT molecular complexity index is 766. The standard InChI is InChI=1S/C22H25NO4/c1-4-15-27-21(26)22(16-17(5-2)6-3)13-10-14-23(20(22)25)19(24)18-11-8-7-9-12-18/h4-9,11-12H,1-2,10,13-16H2,3H3/b17-6+. The number of ether oxygens (including phenoxy) is 1. The van der Waals surface area contributed by atoms with Gasteiger partial charge in [-0.25, -0.2) is 0 Å². The van der Waals surface area contributed by atoms with Gasteiger partial charge in [0.05, 0.1) is 0 Å². The zero-order valence-electron chi connectivity index (χ0n) is 15.6.